The van der Waals surface area contributed by atoms with Crippen LogP contribution in [0.4, 0.5) is 0 Å². The number of carbonyl (C=O) groups is 1. The average molecular weight is 415 g/mol. The number of furan rings is 1. The summed E-state index contributed by atoms with van der Waals surface area (Å²) < 4.78 is 15.9. The van der Waals surface area contributed by atoms with Crippen molar-refractivity contribution < 1.29 is 18.5 Å². The number of carbonyl (C=O) groups excluding carboxylic acids is 1. The van der Waals surface area contributed by atoms with E-state index in [-0.39, 0.29) is 12.5 Å². The van der Waals surface area contributed by atoms with Crippen molar-refractivity contribution in [2.24, 2.45) is 0 Å². The zero-order valence-corrected chi connectivity index (χ0v) is 17.2. The van der Waals surface area contributed by atoms with Crippen molar-refractivity contribution in [3.63, 3.8) is 0 Å². The van der Waals surface area contributed by atoms with Crippen molar-refractivity contribution in [3.8, 4) is 17.1 Å². The fourth-order valence-corrected chi connectivity index (χ4v) is 3.06. The normalized spacial score (nSPS) is 11.4. The van der Waals surface area contributed by atoms with Crippen molar-refractivity contribution in [2.75, 3.05) is 14.2 Å². The molecule has 0 unspecified atom stereocenters. The van der Waals surface area contributed by atoms with Crippen LogP contribution in [-0.2, 0) is 11.3 Å². The van der Waals surface area contributed by atoms with E-state index in [0.29, 0.717) is 23.0 Å². The van der Waals surface area contributed by atoms with E-state index in [1.807, 2.05) is 54.6 Å². The minimum Gasteiger partial charge on any atom is -0.497 e. The lowest BCUT2D eigenvalue weighted by Gasteiger charge is -2.17. The Morgan fingerprint density at radius 2 is 1.84 bits per heavy atom. The number of methoxy groups -OCH3 is 1. The standard InChI is InChI=1S/C24H21N3O4/c1-27(16-22-25-23(26-31-22)18-10-12-19(29-2)13-11-18)24(28)21(15-20-9-6-14-30-20)17-7-4-3-5-8-17/h3-15H,16H2,1-2H3/b21-15+. The second kappa shape index (κ2) is 9.13. The van der Waals surface area contributed by atoms with E-state index < -0.39 is 0 Å². The Hall–Kier alpha value is -4.13. The fraction of sp³-hybridized carbons (Fsp3) is 0.125. The van der Waals surface area contributed by atoms with Crippen LogP contribution in [0.5, 0.6) is 5.75 Å². The van der Waals surface area contributed by atoms with Gasteiger partial charge >= 0.3 is 0 Å². The summed E-state index contributed by atoms with van der Waals surface area (Å²) in [4.78, 5) is 19.2. The summed E-state index contributed by atoms with van der Waals surface area (Å²) >= 11 is 0. The van der Waals surface area contributed by atoms with E-state index in [0.717, 1.165) is 16.9 Å². The lowest BCUT2D eigenvalue weighted by molar-refractivity contribution is -0.124. The second-order valence-corrected chi connectivity index (χ2v) is 6.84. The molecule has 7 heteroatoms. The molecule has 0 N–H and O–H groups in total. The quantitative estimate of drug-likeness (QED) is 0.412. The van der Waals surface area contributed by atoms with E-state index in [9.17, 15) is 4.79 Å². The van der Waals surface area contributed by atoms with Gasteiger partial charge in [0.2, 0.25) is 11.7 Å². The van der Waals surface area contributed by atoms with Crippen LogP contribution in [0.15, 0.2) is 81.9 Å². The maximum atomic E-state index is 13.2. The van der Waals surface area contributed by atoms with Crippen LogP contribution in [0.2, 0.25) is 0 Å². The summed E-state index contributed by atoms with van der Waals surface area (Å²) in [5, 5.41) is 4.02. The zero-order chi connectivity index (χ0) is 21.6. The Bertz CT molecular complexity index is 1160. The van der Waals surface area contributed by atoms with Gasteiger partial charge in [0, 0.05) is 12.6 Å². The molecule has 0 bridgehead atoms. The van der Waals surface area contributed by atoms with Crippen molar-refractivity contribution in [1.29, 1.82) is 0 Å². The highest BCUT2D eigenvalue weighted by molar-refractivity contribution is 6.23. The molecule has 0 aliphatic heterocycles. The highest BCUT2D eigenvalue weighted by Gasteiger charge is 2.20. The maximum Gasteiger partial charge on any atom is 0.254 e. The zero-order valence-electron chi connectivity index (χ0n) is 17.2. The van der Waals surface area contributed by atoms with Crippen LogP contribution < -0.4 is 4.74 Å². The lowest BCUT2D eigenvalue weighted by atomic mass is 10.0. The number of aromatic nitrogens is 2. The van der Waals surface area contributed by atoms with Crippen LogP contribution in [0.1, 0.15) is 17.2 Å². The molecule has 0 atom stereocenters. The summed E-state index contributed by atoms with van der Waals surface area (Å²) in [7, 11) is 3.30. The topological polar surface area (TPSA) is 81.6 Å². The molecular weight excluding hydrogens is 394 g/mol. The Balaban J connectivity index is 1.53. The van der Waals surface area contributed by atoms with Crippen molar-refractivity contribution in [1.82, 2.24) is 15.0 Å². The van der Waals surface area contributed by atoms with E-state index in [1.54, 1.807) is 38.6 Å². The van der Waals surface area contributed by atoms with E-state index in [2.05, 4.69) is 10.1 Å². The van der Waals surface area contributed by atoms with Gasteiger partial charge < -0.3 is 18.6 Å². The molecule has 1 amide bonds. The molecule has 2 aromatic heterocycles. The molecule has 0 radical (unpaired) electrons. The summed E-state index contributed by atoms with van der Waals surface area (Å²) in [5.74, 6) is 1.95. The summed E-state index contributed by atoms with van der Waals surface area (Å²) in [6.45, 7) is 0.171. The molecule has 0 fully saturated rings. The molecule has 4 aromatic rings. The van der Waals surface area contributed by atoms with Gasteiger partial charge in [-0.15, -0.1) is 0 Å². The molecule has 2 heterocycles. The molecular formula is C24H21N3O4. The van der Waals surface area contributed by atoms with E-state index in [4.69, 9.17) is 13.7 Å². The number of rotatable bonds is 7. The first-order valence-electron chi connectivity index (χ1n) is 9.67. The van der Waals surface area contributed by atoms with Crippen molar-refractivity contribution in [3.05, 3.63) is 90.2 Å². The Labute approximate surface area is 179 Å². The highest BCUT2D eigenvalue weighted by atomic mass is 16.5. The largest absolute Gasteiger partial charge is 0.497 e. The van der Waals surface area contributed by atoms with E-state index >= 15 is 0 Å². The maximum absolute atomic E-state index is 13.2. The first-order valence-corrected chi connectivity index (χ1v) is 9.67. The Morgan fingerprint density at radius 1 is 1.06 bits per heavy atom. The molecule has 0 saturated carbocycles. The third-order valence-corrected chi connectivity index (χ3v) is 4.68. The van der Waals surface area contributed by atoms with Crippen LogP contribution in [0.3, 0.4) is 0 Å². The molecule has 156 valence electrons. The lowest BCUT2D eigenvalue weighted by Crippen LogP contribution is -2.27. The van der Waals surface area contributed by atoms with Crippen LogP contribution in [0.25, 0.3) is 23.0 Å². The minimum absolute atomic E-state index is 0.171. The van der Waals surface area contributed by atoms with E-state index in [1.165, 1.54) is 4.90 Å². The molecule has 7 nitrogen and oxygen atoms in total. The Morgan fingerprint density at radius 3 is 2.52 bits per heavy atom. The second-order valence-electron chi connectivity index (χ2n) is 6.84. The first-order chi connectivity index (χ1) is 15.1. The third kappa shape index (κ3) is 4.72. The number of amides is 1. The molecule has 4 rings (SSSR count). The number of hydrogen-bond donors (Lipinski definition) is 0. The minimum atomic E-state index is -0.188. The SMILES string of the molecule is COc1ccc(-c2noc(CN(C)C(=O)/C(=C/c3ccco3)c3ccccc3)n2)cc1. The van der Waals surface area contributed by atoms with Gasteiger partial charge in [0.25, 0.3) is 5.91 Å². The van der Waals surface area contributed by atoms with Crippen LogP contribution >= 0.6 is 0 Å². The predicted molar refractivity (Wildman–Crippen MR) is 116 cm³/mol. The van der Waals surface area contributed by atoms with Gasteiger partial charge in [0.05, 0.1) is 25.5 Å². The third-order valence-electron chi connectivity index (χ3n) is 4.68. The molecule has 0 saturated heterocycles. The number of ether oxygens (including phenoxy) is 1. The monoisotopic (exact) mass is 415 g/mol. The Kier molecular flexibility index (Phi) is 5.93. The van der Waals surface area contributed by atoms with Gasteiger partial charge in [-0.1, -0.05) is 35.5 Å². The van der Waals surface area contributed by atoms with Gasteiger partial charge in [0.1, 0.15) is 11.5 Å². The predicted octanol–water partition coefficient (Wildman–Crippen LogP) is 4.54. The molecule has 0 spiro atoms. The van der Waals surface area contributed by atoms with Crippen LogP contribution in [-0.4, -0.2) is 35.1 Å². The molecule has 2 aromatic carbocycles. The van der Waals surface area contributed by atoms with Crippen molar-refractivity contribution in [2.45, 2.75) is 6.54 Å². The summed E-state index contributed by atoms with van der Waals surface area (Å²) in [6, 6.07) is 20.4. The van der Waals surface area contributed by atoms with Gasteiger partial charge in [-0.25, -0.2) is 0 Å². The van der Waals surface area contributed by atoms with Gasteiger partial charge in [-0.05, 0) is 48.0 Å². The van der Waals surface area contributed by atoms with Gasteiger partial charge in [-0.3, -0.25) is 4.79 Å². The number of likely N-dealkylation sites (N-methyl/N-ethyl adjacent to an activating group) is 1. The number of nitrogens with zero attached hydrogens (tertiary/aromatic N) is 3. The van der Waals surface area contributed by atoms with Gasteiger partial charge in [-0.2, -0.15) is 4.98 Å². The smallest absolute Gasteiger partial charge is 0.254 e. The van der Waals surface area contributed by atoms with Crippen LogP contribution in [0, 0.1) is 0 Å². The van der Waals surface area contributed by atoms with Gasteiger partial charge in [0.15, 0.2) is 0 Å². The highest BCUT2D eigenvalue weighted by Crippen LogP contribution is 2.23. The molecule has 0 aliphatic rings. The molecule has 31 heavy (non-hydrogen) atoms. The summed E-state index contributed by atoms with van der Waals surface area (Å²) in [6.07, 6.45) is 3.30. The summed E-state index contributed by atoms with van der Waals surface area (Å²) in [5.41, 5.74) is 2.10. The first kappa shape index (κ1) is 20.2. The fourth-order valence-electron chi connectivity index (χ4n) is 3.06. The molecule has 0 aliphatic carbocycles. The number of benzene rings is 2. The van der Waals surface area contributed by atoms with Crippen molar-refractivity contribution >= 4 is 17.6 Å². The average Bonchev–Trinajstić information content (AvgIpc) is 3.50. The number of hydrogen-bond acceptors (Lipinski definition) is 6.